The average Bonchev–Trinajstić information content (AvgIpc) is 2.66. The molecule has 168 valence electrons. The number of para-hydroxylation sites is 1. The molecule has 0 aliphatic heterocycles. The van der Waals surface area contributed by atoms with Crippen LogP contribution in [0.25, 0.3) is 10.9 Å². The van der Waals surface area contributed by atoms with Crippen molar-refractivity contribution in [3.05, 3.63) is 70.0 Å². The number of hydrogen-bond acceptors (Lipinski definition) is 3. The maximum Gasteiger partial charge on any atom is 0.261 e. The van der Waals surface area contributed by atoms with Gasteiger partial charge in [0.1, 0.15) is 5.56 Å². The Hall–Kier alpha value is -3.41. The summed E-state index contributed by atoms with van der Waals surface area (Å²) >= 11 is 0. The summed E-state index contributed by atoms with van der Waals surface area (Å²) in [5.74, 6) is -0.593. The van der Waals surface area contributed by atoms with Crippen molar-refractivity contribution < 1.29 is 9.59 Å². The molecule has 6 heteroatoms. The van der Waals surface area contributed by atoms with Gasteiger partial charge in [0.05, 0.1) is 0 Å². The van der Waals surface area contributed by atoms with E-state index in [-0.39, 0.29) is 27.7 Å². The van der Waals surface area contributed by atoms with Crippen LogP contribution in [0.5, 0.6) is 0 Å². The van der Waals surface area contributed by atoms with E-state index >= 15 is 0 Å². The highest BCUT2D eigenvalue weighted by Gasteiger charge is 2.22. The van der Waals surface area contributed by atoms with E-state index in [1.54, 1.807) is 24.3 Å². The lowest BCUT2D eigenvalue weighted by atomic mass is 9.85. The van der Waals surface area contributed by atoms with E-state index < -0.39 is 5.91 Å². The van der Waals surface area contributed by atoms with Gasteiger partial charge in [0.25, 0.3) is 5.91 Å². The monoisotopic (exact) mass is 433 g/mol. The molecule has 0 saturated heterocycles. The van der Waals surface area contributed by atoms with Crippen LogP contribution < -0.4 is 16.1 Å². The lowest BCUT2D eigenvalue weighted by Crippen LogP contribution is -2.24. The van der Waals surface area contributed by atoms with Gasteiger partial charge in [0.2, 0.25) is 11.3 Å². The third-order valence-electron chi connectivity index (χ3n) is 5.08. The highest BCUT2D eigenvalue weighted by molar-refractivity contribution is 6.06. The number of aromatic nitrogens is 1. The van der Waals surface area contributed by atoms with Gasteiger partial charge in [-0.15, -0.1) is 0 Å². The molecule has 32 heavy (non-hydrogen) atoms. The Labute approximate surface area is 188 Å². The number of hydrogen-bond donors (Lipinski definition) is 3. The first-order chi connectivity index (χ1) is 14.8. The van der Waals surface area contributed by atoms with Crippen LogP contribution in [0.3, 0.4) is 0 Å². The van der Waals surface area contributed by atoms with Crippen molar-refractivity contribution in [2.45, 2.75) is 53.4 Å². The fourth-order valence-corrected chi connectivity index (χ4v) is 3.59. The summed E-state index contributed by atoms with van der Waals surface area (Å²) in [4.78, 5) is 41.3. The molecule has 0 radical (unpaired) electrons. The summed E-state index contributed by atoms with van der Waals surface area (Å²) in [7, 11) is 0. The van der Waals surface area contributed by atoms with Gasteiger partial charge in [-0.25, -0.2) is 0 Å². The van der Waals surface area contributed by atoms with Gasteiger partial charge in [-0.3, -0.25) is 14.4 Å². The molecule has 0 aliphatic rings. The summed E-state index contributed by atoms with van der Waals surface area (Å²) in [5, 5.41) is 6.26. The number of amides is 2. The number of fused-ring (bicyclic) bond motifs is 1. The van der Waals surface area contributed by atoms with Crippen molar-refractivity contribution in [1.82, 2.24) is 4.98 Å². The van der Waals surface area contributed by atoms with Crippen LogP contribution in [0, 0.1) is 5.41 Å². The molecular formula is C26H31N3O3. The highest BCUT2D eigenvalue weighted by atomic mass is 16.2. The van der Waals surface area contributed by atoms with Gasteiger partial charge in [-0.05, 0) is 40.7 Å². The number of carbonyl (C=O) groups excluding carboxylic acids is 2. The van der Waals surface area contributed by atoms with Crippen molar-refractivity contribution in [2.24, 2.45) is 5.41 Å². The topological polar surface area (TPSA) is 91.1 Å². The van der Waals surface area contributed by atoms with Crippen LogP contribution in [0.1, 0.15) is 63.9 Å². The average molecular weight is 434 g/mol. The molecule has 0 saturated carbocycles. The van der Waals surface area contributed by atoms with Gasteiger partial charge in [0, 0.05) is 34.9 Å². The third kappa shape index (κ3) is 5.44. The van der Waals surface area contributed by atoms with E-state index in [0.717, 1.165) is 5.56 Å². The molecule has 1 heterocycles. The van der Waals surface area contributed by atoms with E-state index in [0.29, 0.717) is 28.7 Å². The van der Waals surface area contributed by atoms with Crippen molar-refractivity contribution in [3.63, 3.8) is 0 Å². The Morgan fingerprint density at radius 3 is 2.28 bits per heavy atom. The number of carbonyl (C=O) groups is 2. The van der Waals surface area contributed by atoms with Crippen molar-refractivity contribution in [1.29, 1.82) is 0 Å². The Kier molecular flexibility index (Phi) is 6.26. The number of rotatable bonds is 4. The highest BCUT2D eigenvalue weighted by Crippen LogP contribution is 2.32. The normalized spacial score (nSPS) is 11.9. The van der Waals surface area contributed by atoms with Crippen molar-refractivity contribution in [2.75, 3.05) is 10.6 Å². The second-order valence-corrected chi connectivity index (χ2v) is 10.3. The number of aromatic amines is 1. The number of anilines is 2. The maximum atomic E-state index is 13.1. The predicted molar refractivity (Wildman–Crippen MR) is 130 cm³/mol. The zero-order valence-corrected chi connectivity index (χ0v) is 19.6. The fourth-order valence-electron chi connectivity index (χ4n) is 3.59. The van der Waals surface area contributed by atoms with Gasteiger partial charge in [0.15, 0.2) is 0 Å². The van der Waals surface area contributed by atoms with Crippen LogP contribution in [0.4, 0.5) is 11.4 Å². The Balaban J connectivity index is 1.95. The van der Waals surface area contributed by atoms with Crippen LogP contribution in [0.2, 0.25) is 0 Å². The minimum atomic E-state index is -0.499. The minimum Gasteiger partial charge on any atom is -0.360 e. The quantitative estimate of drug-likeness (QED) is 0.511. The number of H-pyrrole nitrogens is 1. The molecule has 0 bridgehead atoms. The molecule has 0 spiro atoms. The Morgan fingerprint density at radius 1 is 0.938 bits per heavy atom. The second-order valence-electron chi connectivity index (χ2n) is 10.3. The van der Waals surface area contributed by atoms with Crippen molar-refractivity contribution in [3.8, 4) is 0 Å². The van der Waals surface area contributed by atoms with E-state index in [1.807, 2.05) is 59.7 Å². The molecule has 6 nitrogen and oxygen atoms in total. The number of nitrogens with one attached hydrogen (secondary N) is 3. The lowest BCUT2D eigenvalue weighted by molar-refractivity contribution is -0.117. The van der Waals surface area contributed by atoms with Gasteiger partial charge in [-0.2, -0.15) is 0 Å². The zero-order valence-electron chi connectivity index (χ0n) is 19.6. The smallest absolute Gasteiger partial charge is 0.261 e. The molecule has 1 aromatic heterocycles. The fraction of sp³-hybridized carbons (Fsp3) is 0.346. The summed E-state index contributed by atoms with van der Waals surface area (Å²) < 4.78 is 0. The standard InChI is InChI=1S/C26H31N3O3/c1-25(2,3)14-22(30)28-16-11-12-19(26(4,5)6)21(13-16)29-24(32)18-15-27-20-10-8-7-9-17(20)23(18)31/h7-13,15H,14H2,1-6H3,(H,27,31)(H,28,30)(H,29,32). The number of benzene rings is 2. The molecule has 2 aromatic carbocycles. The summed E-state index contributed by atoms with van der Waals surface area (Å²) in [6.07, 6.45) is 1.81. The lowest BCUT2D eigenvalue weighted by Gasteiger charge is -2.24. The molecule has 3 aromatic rings. The molecule has 0 unspecified atom stereocenters. The van der Waals surface area contributed by atoms with E-state index in [9.17, 15) is 14.4 Å². The molecule has 0 aliphatic carbocycles. The second kappa shape index (κ2) is 8.61. The first-order valence-electron chi connectivity index (χ1n) is 10.7. The van der Waals surface area contributed by atoms with Crippen LogP contribution >= 0.6 is 0 Å². The van der Waals surface area contributed by atoms with Gasteiger partial charge in [-0.1, -0.05) is 59.7 Å². The van der Waals surface area contributed by atoms with Crippen molar-refractivity contribution >= 4 is 34.1 Å². The largest absolute Gasteiger partial charge is 0.360 e. The predicted octanol–water partition coefficient (Wildman–Crippen LogP) is 5.45. The SMILES string of the molecule is CC(C)(C)CC(=O)Nc1ccc(C(C)(C)C)c(NC(=O)c2c[nH]c3ccccc3c2=O)c1. The van der Waals surface area contributed by atoms with E-state index in [2.05, 4.69) is 15.6 Å². The first-order valence-corrected chi connectivity index (χ1v) is 10.7. The minimum absolute atomic E-state index is 0.0331. The van der Waals surface area contributed by atoms with Crippen LogP contribution in [0.15, 0.2) is 53.5 Å². The Bertz CT molecular complexity index is 1230. The van der Waals surface area contributed by atoms with Gasteiger partial charge >= 0.3 is 0 Å². The van der Waals surface area contributed by atoms with Crippen LogP contribution in [-0.4, -0.2) is 16.8 Å². The molecule has 2 amide bonds. The summed E-state index contributed by atoms with van der Waals surface area (Å²) in [6, 6.07) is 12.5. The number of pyridine rings is 1. The molecule has 3 N–H and O–H groups in total. The third-order valence-corrected chi connectivity index (χ3v) is 5.08. The zero-order chi connectivity index (χ0) is 23.7. The summed E-state index contributed by atoms with van der Waals surface area (Å²) in [6.45, 7) is 12.1. The first kappa shape index (κ1) is 23.3. The molecule has 3 rings (SSSR count). The van der Waals surface area contributed by atoms with E-state index in [1.165, 1.54) is 6.20 Å². The van der Waals surface area contributed by atoms with E-state index in [4.69, 9.17) is 0 Å². The molecule has 0 atom stereocenters. The molecule has 0 fully saturated rings. The Morgan fingerprint density at radius 2 is 1.62 bits per heavy atom. The molecular weight excluding hydrogens is 402 g/mol. The van der Waals surface area contributed by atoms with Gasteiger partial charge < -0.3 is 15.6 Å². The summed E-state index contributed by atoms with van der Waals surface area (Å²) in [5.41, 5.74) is 2.04. The van der Waals surface area contributed by atoms with Crippen LogP contribution in [-0.2, 0) is 10.2 Å². The maximum absolute atomic E-state index is 13.1.